The van der Waals surface area contributed by atoms with Crippen LogP contribution in [-0.2, 0) is 14.8 Å². The number of hydrogen-bond donors (Lipinski definition) is 3. The molecule has 4 aromatic rings. The van der Waals surface area contributed by atoms with Gasteiger partial charge in [0.2, 0.25) is 11.9 Å². The summed E-state index contributed by atoms with van der Waals surface area (Å²) in [5, 5.41) is 7.62. The van der Waals surface area contributed by atoms with Gasteiger partial charge in [-0.15, -0.1) is 0 Å². The summed E-state index contributed by atoms with van der Waals surface area (Å²) in [5.74, 6) is 0.170. The predicted molar refractivity (Wildman–Crippen MR) is 172 cm³/mol. The zero-order valence-electron chi connectivity index (χ0n) is 24.0. The van der Waals surface area contributed by atoms with Crippen molar-refractivity contribution in [3.05, 3.63) is 78.1 Å². The molecule has 43 heavy (non-hydrogen) atoms. The Morgan fingerprint density at radius 3 is 2.74 bits per heavy atom. The lowest BCUT2D eigenvalue weighted by molar-refractivity contribution is -0.111. The van der Waals surface area contributed by atoms with Gasteiger partial charge in [-0.05, 0) is 69.6 Å². The molecule has 224 valence electrons. The number of H-pyrrole nitrogens is 1. The number of halogens is 1. The lowest BCUT2D eigenvalue weighted by atomic mass is 9.86. The molecule has 2 aromatic carbocycles. The molecule has 0 saturated heterocycles. The van der Waals surface area contributed by atoms with E-state index in [-0.39, 0.29) is 22.8 Å². The molecule has 12 heteroatoms. The van der Waals surface area contributed by atoms with Crippen LogP contribution in [0.4, 0.5) is 11.6 Å². The van der Waals surface area contributed by atoms with Crippen LogP contribution in [0.15, 0.2) is 82.4 Å². The molecule has 0 radical (unpaired) electrons. The Hall–Kier alpha value is -4.06. The fourth-order valence-corrected chi connectivity index (χ4v) is 6.19. The van der Waals surface area contributed by atoms with E-state index in [1.165, 1.54) is 24.4 Å². The van der Waals surface area contributed by atoms with Crippen LogP contribution < -0.4 is 10.6 Å². The first-order valence-electron chi connectivity index (χ1n) is 14.1. The maximum absolute atomic E-state index is 12.9. The summed E-state index contributed by atoms with van der Waals surface area (Å²) in [6.07, 6.45) is 11.6. The van der Waals surface area contributed by atoms with Gasteiger partial charge in [0, 0.05) is 53.2 Å². The van der Waals surface area contributed by atoms with Gasteiger partial charge in [-0.2, -0.15) is 12.8 Å². The van der Waals surface area contributed by atoms with E-state index in [1.54, 1.807) is 24.4 Å². The zero-order valence-corrected chi connectivity index (χ0v) is 25.6. The third-order valence-corrected chi connectivity index (χ3v) is 8.75. The first-order valence-corrected chi connectivity index (χ1v) is 15.9. The van der Waals surface area contributed by atoms with Crippen molar-refractivity contribution >= 4 is 56.3 Å². The lowest BCUT2D eigenvalue weighted by Crippen LogP contribution is -2.29. The summed E-state index contributed by atoms with van der Waals surface area (Å²) < 4.78 is 29.8. The predicted octanol–water partition coefficient (Wildman–Crippen LogP) is 5.77. The van der Waals surface area contributed by atoms with Crippen LogP contribution in [0, 0.1) is 5.92 Å². The minimum atomic E-state index is -3.88. The van der Waals surface area contributed by atoms with Crippen molar-refractivity contribution in [2.45, 2.75) is 36.6 Å². The Bertz CT molecular complexity index is 1750. The van der Waals surface area contributed by atoms with Crippen molar-refractivity contribution in [1.29, 1.82) is 0 Å². The molecule has 1 fully saturated rings. The fourth-order valence-electron chi connectivity index (χ4n) is 5.06. The number of rotatable bonds is 10. The van der Waals surface area contributed by atoms with E-state index >= 15 is 0 Å². The zero-order chi connectivity index (χ0) is 30.4. The van der Waals surface area contributed by atoms with E-state index in [1.807, 2.05) is 49.5 Å². The third-order valence-electron chi connectivity index (χ3n) is 7.21. The molecule has 1 unspecified atom stereocenters. The van der Waals surface area contributed by atoms with Gasteiger partial charge in [-0.1, -0.05) is 42.3 Å². The van der Waals surface area contributed by atoms with Crippen molar-refractivity contribution < 1.29 is 13.2 Å². The summed E-state index contributed by atoms with van der Waals surface area (Å²) in [7, 11) is -0.0674. The standard InChI is InChI=1S/C31H34ClN7O3S/c1-39(2)16-6-11-29(40)36-22-12-14-24(15-13-22)43(41,42)35-18-21-7-5-8-23(17-21)37-31-34-20-27(32)30(38-31)26-19-33-28-10-4-3-9-25(26)28/h3-4,6,9-15,18-21,23,33H,5,7-8,16-17H2,1-2H3,(H,36,40)(H,34,37,38)/b11-6+,35-18+/t21?,23-/m1/s1. The second-order valence-corrected chi connectivity index (χ2v) is 12.9. The molecule has 1 saturated carbocycles. The molecule has 5 rings (SSSR count). The van der Waals surface area contributed by atoms with E-state index < -0.39 is 10.0 Å². The normalized spacial score (nSPS) is 17.7. The van der Waals surface area contributed by atoms with Gasteiger partial charge < -0.3 is 20.5 Å². The first kappa shape index (κ1) is 30.4. The summed E-state index contributed by atoms with van der Waals surface area (Å²) in [6, 6.07) is 14.0. The van der Waals surface area contributed by atoms with Gasteiger partial charge in [0.25, 0.3) is 10.0 Å². The molecule has 1 amide bonds. The number of anilines is 2. The highest BCUT2D eigenvalue weighted by molar-refractivity contribution is 7.90. The van der Waals surface area contributed by atoms with Gasteiger partial charge in [-0.25, -0.2) is 9.97 Å². The van der Waals surface area contributed by atoms with Crippen LogP contribution in [0.5, 0.6) is 0 Å². The van der Waals surface area contributed by atoms with Gasteiger partial charge in [0.1, 0.15) is 0 Å². The molecule has 1 aliphatic rings. The number of hydrogen-bond acceptors (Lipinski definition) is 7. The number of aromatic amines is 1. The first-order chi connectivity index (χ1) is 20.7. The maximum Gasteiger partial charge on any atom is 0.281 e. The minimum absolute atomic E-state index is 0.0195. The number of likely N-dealkylation sites (N-methyl/N-ethyl adjacent to an activating group) is 1. The number of aromatic nitrogens is 3. The number of carbonyl (C=O) groups excluding carboxylic acids is 1. The molecule has 0 aliphatic heterocycles. The summed E-state index contributed by atoms with van der Waals surface area (Å²) in [4.78, 5) is 26.4. The SMILES string of the molecule is CN(C)C/C=C/C(=O)Nc1ccc(S(=O)(=O)/N=C/C2CCC[C@@H](Nc3ncc(Cl)c(-c4c[nH]c5ccccc45)n3)C2)cc1. The number of nitrogens with one attached hydrogen (secondary N) is 3. The average molecular weight is 620 g/mol. The molecule has 1 aliphatic carbocycles. The highest BCUT2D eigenvalue weighted by Crippen LogP contribution is 2.33. The molecule has 2 heterocycles. The van der Waals surface area contributed by atoms with Gasteiger partial charge in [0.15, 0.2) is 0 Å². The number of benzene rings is 2. The van der Waals surface area contributed by atoms with E-state index in [4.69, 9.17) is 16.6 Å². The fraction of sp³-hybridized carbons (Fsp3) is 0.290. The van der Waals surface area contributed by atoms with Crippen molar-refractivity contribution in [2.75, 3.05) is 31.3 Å². The molecule has 2 aromatic heterocycles. The number of amides is 1. The van der Waals surface area contributed by atoms with Crippen LogP contribution >= 0.6 is 11.6 Å². The average Bonchev–Trinajstić information content (AvgIpc) is 3.41. The smallest absolute Gasteiger partial charge is 0.281 e. The van der Waals surface area contributed by atoms with Crippen molar-refractivity contribution in [2.24, 2.45) is 10.3 Å². The molecule has 0 spiro atoms. The molecular weight excluding hydrogens is 586 g/mol. The van der Waals surface area contributed by atoms with Crippen LogP contribution in [-0.4, -0.2) is 67.1 Å². The van der Waals surface area contributed by atoms with Gasteiger partial charge >= 0.3 is 0 Å². The molecule has 2 atom stereocenters. The van der Waals surface area contributed by atoms with Crippen LogP contribution in [0.2, 0.25) is 5.02 Å². The Balaban J connectivity index is 1.20. The third kappa shape index (κ3) is 7.86. The molecule has 3 N–H and O–H groups in total. The summed E-state index contributed by atoms with van der Waals surface area (Å²) >= 11 is 6.48. The minimum Gasteiger partial charge on any atom is -0.360 e. The topological polar surface area (TPSA) is 132 Å². The lowest BCUT2D eigenvalue weighted by Gasteiger charge is -2.27. The Labute approximate surface area is 256 Å². The van der Waals surface area contributed by atoms with Gasteiger partial charge in [-0.3, -0.25) is 4.79 Å². The van der Waals surface area contributed by atoms with E-state index in [0.717, 1.165) is 35.7 Å². The summed E-state index contributed by atoms with van der Waals surface area (Å²) in [6.45, 7) is 0.641. The second kappa shape index (κ2) is 13.5. The summed E-state index contributed by atoms with van der Waals surface area (Å²) in [5.41, 5.74) is 3.04. The monoisotopic (exact) mass is 619 g/mol. The highest BCUT2D eigenvalue weighted by Gasteiger charge is 2.23. The number of sulfonamides is 1. The quantitative estimate of drug-likeness (QED) is 0.152. The van der Waals surface area contributed by atoms with Crippen molar-refractivity contribution in [3.8, 4) is 11.3 Å². The molecule has 0 bridgehead atoms. The number of fused-ring (bicyclic) bond motifs is 1. The Morgan fingerprint density at radius 2 is 1.95 bits per heavy atom. The largest absolute Gasteiger partial charge is 0.360 e. The number of nitrogens with zero attached hydrogens (tertiary/aromatic N) is 4. The number of carbonyl (C=O) groups is 1. The van der Waals surface area contributed by atoms with E-state index in [0.29, 0.717) is 35.3 Å². The van der Waals surface area contributed by atoms with Crippen molar-refractivity contribution in [3.63, 3.8) is 0 Å². The van der Waals surface area contributed by atoms with Crippen LogP contribution in [0.1, 0.15) is 25.7 Å². The van der Waals surface area contributed by atoms with E-state index in [9.17, 15) is 13.2 Å². The second-order valence-electron chi connectivity index (χ2n) is 10.8. The highest BCUT2D eigenvalue weighted by atomic mass is 35.5. The Morgan fingerprint density at radius 1 is 1.16 bits per heavy atom. The number of para-hydroxylation sites is 1. The Kier molecular flexibility index (Phi) is 9.54. The van der Waals surface area contributed by atoms with Gasteiger partial charge in [0.05, 0.1) is 21.8 Å². The molecule has 10 nitrogen and oxygen atoms in total. The molecular formula is C31H34ClN7O3S. The van der Waals surface area contributed by atoms with Crippen LogP contribution in [0.25, 0.3) is 22.2 Å². The van der Waals surface area contributed by atoms with Crippen molar-refractivity contribution in [1.82, 2.24) is 19.9 Å². The van der Waals surface area contributed by atoms with Crippen LogP contribution in [0.3, 0.4) is 0 Å². The maximum atomic E-state index is 12.9. The van der Waals surface area contributed by atoms with E-state index in [2.05, 4.69) is 25.0 Å².